The van der Waals surface area contributed by atoms with Crippen molar-refractivity contribution in [2.45, 2.75) is 82.4 Å². The van der Waals surface area contributed by atoms with Gasteiger partial charge in [0.25, 0.3) is 5.91 Å². The lowest BCUT2D eigenvalue weighted by Crippen LogP contribution is -2.31. The molecular formula is C33H35ClN4O4S3. The summed E-state index contributed by atoms with van der Waals surface area (Å²) in [6, 6.07) is 10.2. The van der Waals surface area contributed by atoms with Crippen molar-refractivity contribution in [2.75, 3.05) is 4.90 Å². The first-order chi connectivity index (χ1) is 21.0. The van der Waals surface area contributed by atoms with Gasteiger partial charge in [0.05, 0.1) is 27.2 Å². The van der Waals surface area contributed by atoms with Crippen molar-refractivity contribution in [3.8, 4) is 5.75 Å². The van der Waals surface area contributed by atoms with Gasteiger partial charge in [-0.15, -0.1) is 21.5 Å². The lowest BCUT2D eigenvalue weighted by molar-refractivity contribution is -0.117. The monoisotopic (exact) mass is 682 g/mol. The third kappa shape index (κ3) is 6.40. The predicted molar refractivity (Wildman–Crippen MR) is 182 cm³/mol. The third-order valence-electron chi connectivity index (χ3n) is 7.54. The second-order valence-corrected chi connectivity index (χ2v) is 16.8. The number of aromatic nitrogens is 3. The first-order valence-electron chi connectivity index (χ1n) is 14.3. The van der Waals surface area contributed by atoms with Gasteiger partial charge in [-0.25, -0.2) is 4.98 Å². The Morgan fingerprint density at radius 1 is 1.00 bits per heavy atom. The molecule has 3 heterocycles. The maximum atomic E-state index is 14.2. The number of anilines is 1. The Morgan fingerprint density at radius 3 is 2.18 bits per heavy atom. The molecule has 0 radical (unpaired) electrons. The van der Waals surface area contributed by atoms with E-state index in [0.29, 0.717) is 47.4 Å². The maximum Gasteiger partial charge on any atom is 0.296 e. The molecule has 0 saturated carbocycles. The van der Waals surface area contributed by atoms with E-state index < -0.39 is 34.3 Å². The second-order valence-electron chi connectivity index (χ2n) is 13.0. The fourth-order valence-corrected chi connectivity index (χ4v) is 8.31. The van der Waals surface area contributed by atoms with Gasteiger partial charge in [0, 0.05) is 10.8 Å². The van der Waals surface area contributed by atoms with Crippen LogP contribution in [0.5, 0.6) is 5.75 Å². The van der Waals surface area contributed by atoms with E-state index in [1.54, 1.807) is 13.8 Å². The van der Waals surface area contributed by atoms with Crippen LogP contribution >= 0.6 is 46.0 Å². The molecule has 1 unspecified atom stereocenters. The van der Waals surface area contributed by atoms with E-state index in [2.05, 4.69) is 15.2 Å². The Morgan fingerprint density at radius 2 is 1.62 bits per heavy atom. The number of hydrogen-bond acceptors (Lipinski definition) is 10. The van der Waals surface area contributed by atoms with E-state index in [1.165, 1.54) is 39.3 Å². The SMILES string of the molecule is Cc1nc(C)c(C(=O)C2=C(O)C(=O)N(c3nnc(SCc4ccccc4Cl)s3)C2c2cc(C(C)(C)C)c(O)c(C(C)(C)C)c2)s1. The minimum absolute atomic E-state index is 0.0578. The zero-order valence-electron chi connectivity index (χ0n) is 26.4. The Labute approximate surface area is 280 Å². The number of aliphatic hydroxyl groups is 1. The van der Waals surface area contributed by atoms with Crippen molar-refractivity contribution >= 4 is 62.9 Å². The number of Topliss-reactive ketones (excluding diaryl/α,β-unsaturated/α-hetero) is 1. The Hall–Kier alpha value is -3.25. The van der Waals surface area contributed by atoms with Gasteiger partial charge < -0.3 is 10.2 Å². The van der Waals surface area contributed by atoms with Crippen molar-refractivity contribution in [2.24, 2.45) is 0 Å². The predicted octanol–water partition coefficient (Wildman–Crippen LogP) is 8.64. The lowest BCUT2D eigenvalue weighted by atomic mass is 9.77. The number of aromatic hydroxyl groups is 1. The first kappa shape index (κ1) is 33.1. The number of amides is 1. The number of halogens is 1. The number of hydrogen-bond donors (Lipinski definition) is 2. The number of rotatable bonds is 7. The van der Waals surface area contributed by atoms with Gasteiger partial charge in [-0.2, -0.15) is 0 Å². The average molecular weight is 683 g/mol. The van der Waals surface area contributed by atoms with Crippen LogP contribution in [0.2, 0.25) is 5.02 Å². The average Bonchev–Trinajstić information content (AvgIpc) is 3.62. The van der Waals surface area contributed by atoms with Crippen LogP contribution in [-0.4, -0.2) is 37.1 Å². The highest BCUT2D eigenvalue weighted by molar-refractivity contribution is 8.00. The molecule has 1 aliphatic rings. The van der Waals surface area contributed by atoms with Crippen LogP contribution in [0.4, 0.5) is 5.13 Å². The molecule has 8 nitrogen and oxygen atoms in total. The van der Waals surface area contributed by atoms with Crippen LogP contribution in [0.15, 0.2) is 52.1 Å². The van der Waals surface area contributed by atoms with E-state index >= 15 is 0 Å². The fourth-order valence-electron chi connectivity index (χ4n) is 5.29. The number of carbonyl (C=O) groups excluding carboxylic acids is 2. The number of aryl methyl sites for hydroxylation is 2. The molecule has 2 N–H and O–H groups in total. The van der Waals surface area contributed by atoms with Crippen molar-refractivity contribution in [3.05, 3.63) is 90.6 Å². The summed E-state index contributed by atoms with van der Waals surface area (Å²) >= 11 is 10.2. The van der Waals surface area contributed by atoms with Gasteiger partial charge in [-0.05, 0) is 65.1 Å². The smallest absolute Gasteiger partial charge is 0.296 e. The number of phenols is 1. The highest BCUT2D eigenvalue weighted by atomic mass is 35.5. The largest absolute Gasteiger partial charge is 0.507 e. The summed E-state index contributed by atoms with van der Waals surface area (Å²) in [4.78, 5) is 34.2. The van der Waals surface area contributed by atoms with E-state index in [9.17, 15) is 19.8 Å². The number of ketones is 1. The molecule has 2 aromatic carbocycles. The molecule has 0 fully saturated rings. The summed E-state index contributed by atoms with van der Waals surface area (Å²) in [6.07, 6.45) is 0. The number of carbonyl (C=O) groups is 2. The zero-order chi connectivity index (χ0) is 33.0. The molecule has 4 aromatic rings. The summed E-state index contributed by atoms with van der Waals surface area (Å²) in [7, 11) is 0. The molecule has 2 aromatic heterocycles. The van der Waals surface area contributed by atoms with Crippen LogP contribution in [-0.2, 0) is 21.4 Å². The van der Waals surface area contributed by atoms with Crippen molar-refractivity contribution in [1.82, 2.24) is 15.2 Å². The Balaban J connectivity index is 1.66. The molecule has 1 aliphatic heterocycles. The molecule has 1 atom stereocenters. The van der Waals surface area contributed by atoms with E-state index in [1.807, 2.05) is 77.9 Å². The van der Waals surface area contributed by atoms with Crippen LogP contribution in [0.3, 0.4) is 0 Å². The van der Waals surface area contributed by atoms with Gasteiger partial charge in [0.15, 0.2) is 10.1 Å². The molecule has 45 heavy (non-hydrogen) atoms. The van der Waals surface area contributed by atoms with Gasteiger partial charge in [0.1, 0.15) is 5.75 Å². The van der Waals surface area contributed by atoms with Crippen molar-refractivity contribution in [1.29, 1.82) is 0 Å². The maximum absolute atomic E-state index is 14.2. The number of nitrogens with zero attached hydrogens (tertiary/aromatic N) is 4. The summed E-state index contributed by atoms with van der Waals surface area (Å²) < 4.78 is 0.598. The Bertz CT molecular complexity index is 1810. The third-order valence-corrected chi connectivity index (χ3v) is 11.1. The normalized spacial score (nSPS) is 15.8. The summed E-state index contributed by atoms with van der Waals surface area (Å²) in [5, 5.41) is 33.1. The second kappa shape index (κ2) is 12.2. The van der Waals surface area contributed by atoms with Crippen LogP contribution in [0.25, 0.3) is 0 Å². The van der Waals surface area contributed by atoms with E-state index in [0.717, 1.165) is 5.56 Å². The quantitative estimate of drug-likeness (QED) is 0.113. The van der Waals surface area contributed by atoms with Gasteiger partial charge in [0.2, 0.25) is 10.9 Å². The Kier molecular flexibility index (Phi) is 8.95. The molecule has 0 saturated heterocycles. The standard InChI is InChI=1S/C33H35ClN4O4S3/c1-16-28(44-17(2)35-16)26(40)23-24(19-13-20(32(3,4)5)25(39)21(14-19)33(6,7)8)38(29(42)27(23)41)30-36-37-31(45-30)43-15-18-11-9-10-12-22(18)34/h9-14,24,39,41H,15H2,1-8H3. The van der Waals surface area contributed by atoms with Crippen molar-refractivity contribution in [3.63, 3.8) is 0 Å². The van der Waals surface area contributed by atoms with E-state index in [-0.39, 0.29) is 16.5 Å². The fraction of sp³-hybridized carbons (Fsp3) is 0.364. The number of thiazole rings is 1. The molecule has 0 bridgehead atoms. The minimum atomic E-state index is -1.02. The summed E-state index contributed by atoms with van der Waals surface area (Å²) in [5.74, 6) is -1.15. The first-order valence-corrected chi connectivity index (χ1v) is 17.3. The van der Waals surface area contributed by atoms with Gasteiger partial charge in [-0.3, -0.25) is 14.5 Å². The van der Waals surface area contributed by atoms with Gasteiger partial charge in [-0.1, -0.05) is 94.4 Å². The number of thioether (sulfide) groups is 1. The van der Waals surface area contributed by atoms with Gasteiger partial charge >= 0.3 is 0 Å². The molecule has 0 spiro atoms. The number of benzene rings is 2. The lowest BCUT2D eigenvalue weighted by Gasteiger charge is -2.31. The molecule has 12 heteroatoms. The molecule has 5 rings (SSSR count). The van der Waals surface area contributed by atoms with Crippen LogP contribution < -0.4 is 4.90 Å². The highest BCUT2D eigenvalue weighted by Gasteiger charge is 2.47. The molecule has 236 valence electrons. The highest BCUT2D eigenvalue weighted by Crippen LogP contribution is 2.48. The van der Waals surface area contributed by atoms with E-state index in [4.69, 9.17) is 11.6 Å². The van der Waals surface area contributed by atoms with Crippen LogP contribution in [0.1, 0.15) is 90.2 Å². The number of aliphatic hydroxyl groups excluding tert-OH is 1. The molecular weight excluding hydrogens is 648 g/mol. The van der Waals surface area contributed by atoms with Crippen LogP contribution in [0, 0.1) is 13.8 Å². The van der Waals surface area contributed by atoms with Crippen molar-refractivity contribution < 1.29 is 19.8 Å². The summed E-state index contributed by atoms with van der Waals surface area (Å²) in [6.45, 7) is 15.5. The zero-order valence-corrected chi connectivity index (χ0v) is 29.6. The molecule has 0 aliphatic carbocycles. The minimum Gasteiger partial charge on any atom is -0.507 e. The topological polar surface area (TPSA) is 117 Å². The molecule has 1 amide bonds. The number of phenolic OH excluding ortho intramolecular Hbond substituents is 1. The summed E-state index contributed by atoms with van der Waals surface area (Å²) in [5.41, 5.74) is 2.35.